The molecule has 0 radical (unpaired) electrons. The highest BCUT2D eigenvalue weighted by molar-refractivity contribution is 5.83. The first-order valence-corrected chi connectivity index (χ1v) is 10.2. The Labute approximate surface area is 168 Å². The van der Waals surface area contributed by atoms with Crippen molar-refractivity contribution >= 4 is 10.9 Å². The molecule has 0 bridgehead atoms. The highest BCUT2D eigenvalue weighted by atomic mass is 16.5. The lowest BCUT2D eigenvalue weighted by Crippen LogP contribution is -2.43. The molecule has 0 aliphatic carbocycles. The summed E-state index contributed by atoms with van der Waals surface area (Å²) in [5.74, 6) is 1.64. The summed E-state index contributed by atoms with van der Waals surface area (Å²) in [7, 11) is 0. The molecular weight excluding hydrogens is 348 g/mol. The maximum absolute atomic E-state index is 5.98. The van der Waals surface area contributed by atoms with Gasteiger partial charge in [0.15, 0.2) is 11.5 Å². The molecule has 4 heteroatoms. The van der Waals surface area contributed by atoms with Gasteiger partial charge in [-0.3, -0.25) is 0 Å². The first-order chi connectivity index (χ1) is 13.6. The first kappa shape index (κ1) is 20.3. The van der Waals surface area contributed by atoms with E-state index in [2.05, 4.69) is 61.5 Å². The van der Waals surface area contributed by atoms with Gasteiger partial charge < -0.3 is 19.8 Å². The maximum atomic E-state index is 5.98. The fourth-order valence-electron chi connectivity index (χ4n) is 3.38. The molecule has 150 valence electrons. The van der Waals surface area contributed by atoms with Crippen LogP contribution in [-0.4, -0.2) is 30.3 Å². The number of hydrogen-bond donors (Lipinski definition) is 2. The second-order valence-electron chi connectivity index (χ2n) is 7.84. The number of rotatable bonds is 11. The van der Waals surface area contributed by atoms with Crippen molar-refractivity contribution in [2.75, 3.05) is 19.8 Å². The number of benzene rings is 2. The molecule has 0 amide bonds. The normalized spacial score (nSPS) is 11.7. The average molecular weight is 381 g/mol. The highest BCUT2D eigenvalue weighted by Crippen LogP contribution is 2.26. The zero-order valence-corrected chi connectivity index (χ0v) is 17.3. The van der Waals surface area contributed by atoms with Crippen LogP contribution in [0.4, 0.5) is 0 Å². The van der Waals surface area contributed by atoms with E-state index >= 15 is 0 Å². The van der Waals surface area contributed by atoms with E-state index in [0.29, 0.717) is 6.61 Å². The number of fused-ring (bicyclic) bond motifs is 1. The fourth-order valence-corrected chi connectivity index (χ4v) is 3.38. The van der Waals surface area contributed by atoms with Crippen LogP contribution in [0.15, 0.2) is 54.7 Å². The number of ether oxygens (including phenoxy) is 2. The molecule has 28 heavy (non-hydrogen) atoms. The molecule has 0 aliphatic rings. The summed E-state index contributed by atoms with van der Waals surface area (Å²) in [5, 5.41) is 4.92. The third-order valence-electron chi connectivity index (χ3n) is 4.88. The zero-order valence-electron chi connectivity index (χ0n) is 17.3. The molecule has 0 saturated carbocycles. The summed E-state index contributed by atoms with van der Waals surface area (Å²) in [6.07, 6.45) is 5.25. The second kappa shape index (κ2) is 9.65. The number of nitrogens with one attached hydrogen (secondary N) is 2. The third-order valence-corrected chi connectivity index (χ3v) is 4.88. The summed E-state index contributed by atoms with van der Waals surface area (Å²) < 4.78 is 11.8. The molecule has 1 aromatic heterocycles. The van der Waals surface area contributed by atoms with Crippen molar-refractivity contribution in [1.82, 2.24) is 10.3 Å². The predicted octanol–water partition coefficient (Wildman–Crippen LogP) is 5.34. The number of unbranched alkanes of at least 4 members (excludes halogenated alkanes) is 1. The Kier molecular flexibility index (Phi) is 6.99. The molecule has 0 saturated heterocycles. The largest absolute Gasteiger partial charge is 0.490 e. The minimum absolute atomic E-state index is 0.0224. The van der Waals surface area contributed by atoms with Crippen molar-refractivity contribution in [3.63, 3.8) is 0 Å². The molecular formula is C24H32N2O2. The fraction of sp³-hybridized carbons (Fsp3) is 0.417. The van der Waals surface area contributed by atoms with Crippen molar-refractivity contribution in [2.45, 2.75) is 45.6 Å². The molecule has 4 nitrogen and oxygen atoms in total. The molecule has 2 N–H and O–H groups in total. The second-order valence-corrected chi connectivity index (χ2v) is 7.84. The predicted molar refractivity (Wildman–Crippen MR) is 116 cm³/mol. The van der Waals surface area contributed by atoms with Crippen molar-refractivity contribution in [2.24, 2.45) is 0 Å². The monoisotopic (exact) mass is 380 g/mol. The van der Waals surface area contributed by atoms with E-state index in [1.807, 2.05) is 24.3 Å². The van der Waals surface area contributed by atoms with Crippen LogP contribution >= 0.6 is 0 Å². The Morgan fingerprint density at radius 1 is 0.929 bits per heavy atom. The molecule has 3 aromatic rings. The van der Waals surface area contributed by atoms with Gasteiger partial charge in [0.25, 0.3) is 0 Å². The summed E-state index contributed by atoms with van der Waals surface area (Å²) in [6, 6.07) is 16.4. The summed E-state index contributed by atoms with van der Waals surface area (Å²) >= 11 is 0. The maximum Gasteiger partial charge on any atom is 0.161 e. The number of aromatic nitrogens is 1. The minimum Gasteiger partial charge on any atom is -0.490 e. The lowest BCUT2D eigenvalue weighted by molar-refractivity contribution is 0.253. The van der Waals surface area contributed by atoms with Crippen molar-refractivity contribution < 1.29 is 9.47 Å². The molecule has 0 unspecified atom stereocenters. The third kappa shape index (κ3) is 5.52. The van der Waals surface area contributed by atoms with Gasteiger partial charge in [-0.1, -0.05) is 43.7 Å². The topological polar surface area (TPSA) is 46.3 Å². The van der Waals surface area contributed by atoms with Gasteiger partial charge in [-0.05, 0) is 50.5 Å². The Morgan fingerprint density at radius 2 is 1.61 bits per heavy atom. The van der Waals surface area contributed by atoms with Crippen LogP contribution in [0.3, 0.4) is 0 Å². The van der Waals surface area contributed by atoms with E-state index in [9.17, 15) is 0 Å². The Balaban J connectivity index is 1.49. The van der Waals surface area contributed by atoms with E-state index in [-0.39, 0.29) is 5.54 Å². The van der Waals surface area contributed by atoms with Gasteiger partial charge in [-0.25, -0.2) is 0 Å². The summed E-state index contributed by atoms with van der Waals surface area (Å²) in [6.45, 7) is 8.74. The van der Waals surface area contributed by atoms with Crippen LogP contribution in [0.1, 0.15) is 39.2 Å². The van der Waals surface area contributed by atoms with E-state index in [4.69, 9.17) is 9.47 Å². The molecule has 1 heterocycles. The van der Waals surface area contributed by atoms with E-state index in [1.54, 1.807) is 0 Å². The molecule has 0 fully saturated rings. The minimum atomic E-state index is -0.0224. The summed E-state index contributed by atoms with van der Waals surface area (Å²) in [5.41, 5.74) is 2.51. The van der Waals surface area contributed by atoms with E-state index < -0.39 is 0 Å². The molecule has 2 aromatic carbocycles. The number of para-hydroxylation sites is 3. The van der Waals surface area contributed by atoms with Crippen LogP contribution in [-0.2, 0) is 6.42 Å². The van der Waals surface area contributed by atoms with Gasteiger partial charge >= 0.3 is 0 Å². The number of H-pyrrole nitrogens is 1. The Morgan fingerprint density at radius 3 is 2.36 bits per heavy atom. The van der Waals surface area contributed by atoms with Crippen LogP contribution < -0.4 is 14.8 Å². The Bertz CT molecular complexity index is 870. The van der Waals surface area contributed by atoms with Crippen molar-refractivity contribution in [3.8, 4) is 11.5 Å². The van der Waals surface area contributed by atoms with Crippen LogP contribution in [0.5, 0.6) is 11.5 Å². The average Bonchev–Trinajstić information content (AvgIpc) is 3.09. The van der Waals surface area contributed by atoms with E-state index in [1.165, 1.54) is 16.5 Å². The van der Waals surface area contributed by atoms with Gasteiger partial charge in [0.05, 0.1) is 6.61 Å². The van der Waals surface area contributed by atoms with Gasteiger partial charge in [-0.15, -0.1) is 0 Å². The zero-order chi connectivity index (χ0) is 19.8. The van der Waals surface area contributed by atoms with Gasteiger partial charge in [0, 0.05) is 29.2 Å². The molecule has 0 atom stereocenters. The van der Waals surface area contributed by atoms with E-state index in [0.717, 1.165) is 43.9 Å². The van der Waals surface area contributed by atoms with Crippen LogP contribution in [0.25, 0.3) is 10.9 Å². The SMILES string of the molecule is CCCCOc1ccccc1OCCNC(C)(C)Cc1c[nH]c2ccccc12. The first-order valence-electron chi connectivity index (χ1n) is 10.2. The number of aromatic amines is 1. The van der Waals surface area contributed by atoms with Crippen LogP contribution in [0, 0.1) is 0 Å². The highest BCUT2D eigenvalue weighted by Gasteiger charge is 2.19. The number of hydrogen-bond acceptors (Lipinski definition) is 3. The van der Waals surface area contributed by atoms with Gasteiger partial charge in [0.1, 0.15) is 6.61 Å². The lowest BCUT2D eigenvalue weighted by atomic mass is 9.94. The molecule has 3 rings (SSSR count). The lowest BCUT2D eigenvalue weighted by Gasteiger charge is -2.26. The summed E-state index contributed by atoms with van der Waals surface area (Å²) in [4.78, 5) is 3.36. The van der Waals surface area contributed by atoms with Gasteiger partial charge in [-0.2, -0.15) is 0 Å². The van der Waals surface area contributed by atoms with Crippen molar-refractivity contribution in [1.29, 1.82) is 0 Å². The molecule has 0 spiro atoms. The molecule has 0 aliphatic heterocycles. The standard InChI is InChI=1S/C24H32N2O2/c1-4-5-15-27-22-12-8-9-13-23(22)28-16-14-26-24(2,3)17-19-18-25-21-11-7-6-10-20(19)21/h6-13,18,25-26H,4-5,14-17H2,1-3H3. The van der Waals surface area contributed by atoms with Crippen LogP contribution in [0.2, 0.25) is 0 Å². The van der Waals surface area contributed by atoms with Crippen molar-refractivity contribution in [3.05, 3.63) is 60.3 Å². The quantitative estimate of drug-likeness (QED) is 0.442. The Hall–Kier alpha value is -2.46. The smallest absolute Gasteiger partial charge is 0.161 e. The van der Waals surface area contributed by atoms with Gasteiger partial charge in [0.2, 0.25) is 0 Å².